The summed E-state index contributed by atoms with van der Waals surface area (Å²) < 4.78 is 0. The zero-order valence-electron chi connectivity index (χ0n) is 17.3. The maximum atomic E-state index is 4.71. The van der Waals surface area contributed by atoms with E-state index in [0.717, 1.165) is 56.6 Å². The van der Waals surface area contributed by atoms with Crippen molar-refractivity contribution in [1.82, 2.24) is 20.5 Å². The second kappa shape index (κ2) is 10.1. The molecule has 1 aromatic carbocycles. The van der Waals surface area contributed by atoms with E-state index in [0.29, 0.717) is 6.54 Å². The van der Waals surface area contributed by atoms with Gasteiger partial charge in [-0.15, -0.1) is 0 Å². The molecular formula is C22H32N6. The average Bonchev–Trinajstić information content (AvgIpc) is 2.72. The third kappa shape index (κ3) is 5.70. The van der Waals surface area contributed by atoms with Gasteiger partial charge in [-0.3, -0.25) is 0 Å². The van der Waals surface area contributed by atoms with Crippen molar-refractivity contribution < 1.29 is 0 Å². The third-order valence-electron chi connectivity index (χ3n) is 5.11. The van der Waals surface area contributed by atoms with Crippen LogP contribution in [0.15, 0.2) is 47.6 Å². The van der Waals surface area contributed by atoms with Gasteiger partial charge in [0.05, 0.1) is 6.54 Å². The smallest absolute Gasteiger partial charge is 0.191 e. The van der Waals surface area contributed by atoms with Gasteiger partial charge < -0.3 is 20.4 Å². The maximum Gasteiger partial charge on any atom is 0.191 e. The highest BCUT2D eigenvalue weighted by Crippen LogP contribution is 2.14. The number of guanidine groups is 1. The lowest BCUT2D eigenvalue weighted by molar-refractivity contribution is 0.312. The van der Waals surface area contributed by atoms with Crippen molar-refractivity contribution in [3.63, 3.8) is 0 Å². The largest absolute Gasteiger partial charge is 0.357 e. The Labute approximate surface area is 168 Å². The van der Waals surface area contributed by atoms with Crippen LogP contribution < -0.4 is 15.5 Å². The molecule has 0 amide bonds. The Bertz CT molecular complexity index is 763. The van der Waals surface area contributed by atoms with E-state index in [2.05, 4.69) is 82.7 Å². The molecule has 0 aliphatic carbocycles. The highest BCUT2D eigenvalue weighted by atomic mass is 15.3. The molecule has 0 atom stereocenters. The average molecular weight is 381 g/mol. The lowest BCUT2D eigenvalue weighted by Crippen LogP contribution is -2.44. The topological polar surface area (TPSA) is 55.8 Å². The van der Waals surface area contributed by atoms with Gasteiger partial charge >= 0.3 is 0 Å². The summed E-state index contributed by atoms with van der Waals surface area (Å²) >= 11 is 0. The molecule has 1 fully saturated rings. The number of aliphatic imine (C=N–C) groups is 1. The highest BCUT2D eigenvalue weighted by molar-refractivity contribution is 5.79. The summed E-state index contributed by atoms with van der Waals surface area (Å²) in [6.07, 6.45) is 1.95. The minimum Gasteiger partial charge on any atom is -0.357 e. The summed E-state index contributed by atoms with van der Waals surface area (Å²) in [5.74, 6) is 1.89. The fraction of sp³-hybridized carbons (Fsp3) is 0.455. The van der Waals surface area contributed by atoms with Gasteiger partial charge in [0.25, 0.3) is 0 Å². The molecule has 6 nitrogen and oxygen atoms in total. The van der Waals surface area contributed by atoms with Gasteiger partial charge in [0.2, 0.25) is 0 Å². The number of likely N-dealkylation sites (N-methyl/N-ethyl adjacent to an activating group) is 1. The van der Waals surface area contributed by atoms with Crippen molar-refractivity contribution in [2.45, 2.75) is 26.9 Å². The van der Waals surface area contributed by atoms with E-state index in [1.165, 1.54) is 11.1 Å². The molecule has 1 saturated heterocycles. The molecule has 2 aromatic rings. The molecule has 0 unspecified atom stereocenters. The predicted molar refractivity (Wildman–Crippen MR) is 117 cm³/mol. The fourth-order valence-corrected chi connectivity index (χ4v) is 3.23. The van der Waals surface area contributed by atoms with Crippen LogP contribution in [0.1, 0.15) is 23.6 Å². The Morgan fingerprint density at radius 2 is 1.86 bits per heavy atom. The van der Waals surface area contributed by atoms with Crippen LogP contribution >= 0.6 is 0 Å². The second-order valence-corrected chi connectivity index (χ2v) is 7.29. The molecule has 3 rings (SSSR count). The number of pyridine rings is 1. The molecule has 1 aliphatic heterocycles. The van der Waals surface area contributed by atoms with Gasteiger partial charge in [-0.2, -0.15) is 0 Å². The SMILES string of the molecule is CCNC(=NCc1ccc(N2CCN(C)CC2)nc1)NCc1ccccc1C. The Kier molecular flexibility index (Phi) is 7.25. The summed E-state index contributed by atoms with van der Waals surface area (Å²) in [6.45, 7) is 10.7. The molecule has 150 valence electrons. The van der Waals surface area contributed by atoms with Crippen molar-refractivity contribution in [1.29, 1.82) is 0 Å². The summed E-state index contributed by atoms with van der Waals surface area (Å²) in [7, 11) is 2.17. The van der Waals surface area contributed by atoms with Gasteiger partial charge in [-0.25, -0.2) is 9.98 Å². The normalized spacial score (nSPS) is 15.5. The van der Waals surface area contributed by atoms with Gasteiger partial charge in [0, 0.05) is 45.5 Å². The number of nitrogens with one attached hydrogen (secondary N) is 2. The second-order valence-electron chi connectivity index (χ2n) is 7.29. The minimum absolute atomic E-state index is 0.610. The molecule has 2 N–H and O–H groups in total. The standard InChI is InChI=1S/C22H32N6/c1-4-23-22(26-17-20-8-6-5-7-18(20)2)25-16-19-9-10-21(24-15-19)28-13-11-27(3)12-14-28/h5-10,15H,4,11-14,16-17H2,1-3H3,(H2,23,25,26). The number of hydrogen-bond donors (Lipinski definition) is 2. The van der Waals surface area contributed by atoms with Gasteiger partial charge in [-0.1, -0.05) is 30.3 Å². The third-order valence-corrected chi connectivity index (χ3v) is 5.11. The monoisotopic (exact) mass is 380 g/mol. The fourth-order valence-electron chi connectivity index (χ4n) is 3.23. The number of aryl methyl sites for hydroxylation is 1. The van der Waals surface area contributed by atoms with Crippen molar-refractivity contribution in [3.8, 4) is 0 Å². The van der Waals surface area contributed by atoms with E-state index in [1.54, 1.807) is 0 Å². The van der Waals surface area contributed by atoms with Gasteiger partial charge in [0.1, 0.15) is 5.82 Å². The van der Waals surface area contributed by atoms with E-state index >= 15 is 0 Å². The van der Waals surface area contributed by atoms with Crippen LogP contribution in [0.4, 0.5) is 5.82 Å². The van der Waals surface area contributed by atoms with Crippen LogP contribution in [0, 0.1) is 6.92 Å². The van der Waals surface area contributed by atoms with Crippen LogP contribution in [0.25, 0.3) is 0 Å². The predicted octanol–water partition coefficient (Wildman–Crippen LogP) is 2.40. The molecule has 0 saturated carbocycles. The molecule has 0 radical (unpaired) electrons. The number of benzene rings is 1. The molecule has 1 aliphatic rings. The van der Waals surface area contributed by atoms with E-state index in [-0.39, 0.29) is 0 Å². The van der Waals surface area contributed by atoms with Crippen molar-refractivity contribution in [2.75, 3.05) is 44.7 Å². The van der Waals surface area contributed by atoms with Crippen LogP contribution in [0.3, 0.4) is 0 Å². The number of nitrogens with zero attached hydrogens (tertiary/aromatic N) is 4. The Morgan fingerprint density at radius 1 is 1.07 bits per heavy atom. The van der Waals surface area contributed by atoms with Crippen molar-refractivity contribution in [2.24, 2.45) is 4.99 Å². The molecule has 1 aromatic heterocycles. The first-order chi connectivity index (χ1) is 13.7. The lowest BCUT2D eigenvalue weighted by atomic mass is 10.1. The molecule has 0 bridgehead atoms. The number of hydrogen-bond acceptors (Lipinski definition) is 4. The van der Waals surface area contributed by atoms with Gasteiger partial charge in [0.15, 0.2) is 5.96 Å². The number of anilines is 1. The van der Waals surface area contributed by atoms with Crippen molar-refractivity contribution >= 4 is 11.8 Å². The Balaban J connectivity index is 1.57. The van der Waals surface area contributed by atoms with E-state index < -0.39 is 0 Å². The van der Waals surface area contributed by atoms with Crippen LogP contribution in [0.5, 0.6) is 0 Å². The Hall–Kier alpha value is -2.60. The molecule has 2 heterocycles. The zero-order chi connectivity index (χ0) is 19.8. The zero-order valence-corrected chi connectivity index (χ0v) is 17.3. The number of piperazine rings is 1. The molecule has 28 heavy (non-hydrogen) atoms. The minimum atomic E-state index is 0.610. The highest BCUT2D eigenvalue weighted by Gasteiger charge is 2.14. The van der Waals surface area contributed by atoms with E-state index in [4.69, 9.17) is 4.99 Å². The number of aromatic nitrogens is 1. The lowest BCUT2D eigenvalue weighted by Gasteiger charge is -2.33. The summed E-state index contributed by atoms with van der Waals surface area (Å²) in [5, 5.41) is 6.74. The quantitative estimate of drug-likeness (QED) is 0.595. The first-order valence-corrected chi connectivity index (χ1v) is 10.1. The van der Waals surface area contributed by atoms with Gasteiger partial charge in [-0.05, 0) is 43.7 Å². The summed E-state index contributed by atoms with van der Waals surface area (Å²) in [6, 6.07) is 12.7. The summed E-state index contributed by atoms with van der Waals surface area (Å²) in [5.41, 5.74) is 3.69. The molecule has 0 spiro atoms. The van der Waals surface area contributed by atoms with Crippen LogP contribution in [0.2, 0.25) is 0 Å². The molecule has 6 heteroatoms. The van der Waals surface area contributed by atoms with E-state index in [1.807, 2.05) is 6.20 Å². The first-order valence-electron chi connectivity index (χ1n) is 10.1. The first kappa shape index (κ1) is 20.1. The van der Waals surface area contributed by atoms with Crippen molar-refractivity contribution in [3.05, 3.63) is 59.3 Å². The number of rotatable bonds is 6. The Morgan fingerprint density at radius 3 is 2.54 bits per heavy atom. The maximum absolute atomic E-state index is 4.71. The molecular weight excluding hydrogens is 348 g/mol. The summed E-state index contributed by atoms with van der Waals surface area (Å²) in [4.78, 5) is 14.1. The van der Waals surface area contributed by atoms with Crippen LogP contribution in [-0.4, -0.2) is 55.6 Å². The van der Waals surface area contributed by atoms with E-state index in [9.17, 15) is 0 Å². The van der Waals surface area contributed by atoms with Crippen LogP contribution in [-0.2, 0) is 13.1 Å².